The lowest BCUT2D eigenvalue weighted by atomic mass is 9.99. The van der Waals surface area contributed by atoms with Crippen LogP contribution in [-0.4, -0.2) is 87.5 Å². The number of carbonyl (C=O) groups is 1. The maximum Gasteiger partial charge on any atom is 0.220 e. The first-order valence-corrected chi connectivity index (χ1v) is 33.2. The van der Waals surface area contributed by atoms with Crippen LogP contribution in [0, 0.1) is 0 Å². The number of aliphatic hydroxyl groups excluding tert-OH is 5. The molecule has 1 heterocycles. The highest BCUT2D eigenvalue weighted by Gasteiger charge is 2.44. The molecule has 9 nitrogen and oxygen atoms in total. The van der Waals surface area contributed by atoms with E-state index in [-0.39, 0.29) is 12.5 Å². The number of aliphatic hydroxyl groups is 5. The highest BCUT2D eigenvalue weighted by atomic mass is 16.7. The standard InChI is InChI=1S/C67H127NO8/c1-3-5-7-9-11-13-15-17-19-20-21-22-23-24-25-26-27-28-29-30-31-32-33-34-35-36-37-38-39-40-41-42-43-45-47-49-51-53-55-57-63(71)68-60(59-75-67-66(74)65(73)64(72)62(58-69)76-67)61(70)56-54-52-50-48-46-44-18-16-14-12-10-8-6-4-2/h30-31,46,48,54,56,60-62,64-67,69-70,72-74H,3-29,32-45,47,49-53,55,57-59H2,1-2H3,(H,68,71)/b31-30-,48-46+,56-54+. The van der Waals surface area contributed by atoms with Gasteiger partial charge in [-0.1, -0.05) is 301 Å². The predicted octanol–water partition coefficient (Wildman–Crippen LogP) is 17.5. The Labute approximate surface area is 470 Å². The molecule has 1 fully saturated rings. The molecule has 1 saturated heterocycles. The molecule has 0 aromatic carbocycles. The zero-order chi connectivity index (χ0) is 55.0. The number of hydrogen-bond acceptors (Lipinski definition) is 8. The Morgan fingerprint density at radius 1 is 0.434 bits per heavy atom. The van der Waals surface area contributed by atoms with Crippen LogP contribution in [0.2, 0.25) is 0 Å². The maximum atomic E-state index is 13.1. The van der Waals surface area contributed by atoms with Gasteiger partial charge in [-0.25, -0.2) is 0 Å². The van der Waals surface area contributed by atoms with Crippen LogP contribution >= 0.6 is 0 Å². The molecule has 1 rings (SSSR count). The van der Waals surface area contributed by atoms with Gasteiger partial charge in [-0.2, -0.15) is 0 Å². The molecule has 7 atom stereocenters. The van der Waals surface area contributed by atoms with E-state index in [4.69, 9.17) is 9.47 Å². The molecule has 9 heteroatoms. The van der Waals surface area contributed by atoms with Crippen LogP contribution in [0.3, 0.4) is 0 Å². The van der Waals surface area contributed by atoms with Crippen LogP contribution in [0.4, 0.5) is 0 Å². The highest BCUT2D eigenvalue weighted by Crippen LogP contribution is 2.23. The molecule has 0 aliphatic carbocycles. The van der Waals surface area contributed by atoms with Crippen molar-refractivity contribution in [2.24, 2.45) is 0 Å². The van der Waals surface area contributed by atoms with Gasteiger partial charge in [-0.05, 0) is 57.8 Å². The van der Waals surface area contributed by atoms with Gasteiger partial charge >= 0.3 is 0 Å². The monoisotopic (exact) mass is 1070 g/mol. The summed E-state index contributed by atoms with van der Waals surface area (Å²) in [6.07, 6.45) is 68.4. The van der Waals surface area contributed by atoms with Crippen LogP contribution in [0.25, 0.3) is 0 Å². The first kappa shape index (κ1) is 72.4. The SMILES string of the molecule is CCCCCCCCCC/C=C/CC/C=C/C(O)C(COC1OC(CO)C(O)C(O)C1O)NC(=O)CCCCCCCCCCCCCCCCCCC/C=C\CCCCCCCCCCCCCCCCCCCC. The van der Waals surface area contributed by atoms with Gasteiger partial charge in [0, 0.05) is 6.42 Å². The molecular weight excluding hydrogens is 947 g/mol. The Bertz CT molecular complexity index is 1290. The van der Waals surface area contributed by atoms with E-state index in [2.05, 4.69) is 43.5 Å². The largest absolute Gasteiger partial charge is 0.394 e. The van der Waals surface area contributed by atoms with Crippen molar-refractivity contribution in [2.75, 3.05) is 13.2 Å². The van der Waals surface area contributed by atoms with Crippen LogP contribution < -0.4 is 5.32 Å². The first-order chi connectivity index (χ1) is 37.3. The summed E-state index contributed by atoms with van der Waals surface area (Å²) in [5.41, 5.74) is 0. The predicted molar refractivity (Wildman–Crippen MR) is 323 cm³/mol. The number of amides is 1. The second kappa shape index (κ2) is 56.7. The molecule has 0 aromatic rings. The molecule has 1 aliphatic heterocycles. The number of nitrogens with one attached hydrogen (secondary N) is 1. The van der Waals surface area contributed by atoms with Gasteiger partial charge in [0.25, 0.3) is 0 Å². The van der Waals surface area contributed by atoms with E-state index in [1.165, 1.54) is 270 Å². The molecule has 1 aliphatic rings. The van der Waals surface area contributed by atoms with Gasteiger partial charge in [0.15, 0.2) is 6.29 Å². The van der Waals surface area contributed by atoms with E-state index in [1.54, 1.807) is 6.08 Å². The number of carbonyl (C=O) groups excluding carboxylic acids is 1. The number of unbranched alkanes of at least 4 members (excludes halogenated alkanes) is 44. The van der Waals surface area contributed by atoms with Crippen LogP contribution in [0.15, 0.2) is 36.5 Å². The van der Waals surface area contributed by atoms with Gasteiger partial charge in [0.2, 0.25) is 5.91 Å². The van der Waals surface area contributed by atoms with Gasteiger partial charge in [-0.15, -0.1) is 0 Å². The molecule has 0 saturated carbocycles. The molecule has 0 aromatic heterocycles. The summed E-state index contributed by atoms with van der Waals surface area (Å²) >= 11 is 0. The zero-order valence-electron chi connectivity index (χ0n) is 50.0. The van der Waals surface area contributed by atoms with Crippen molar-refractivity contribution in [3.8, 4) is 0 Å². The molecule has 7 unspecified atom stereocenters. The Kier molecular flexibility index (Phi) is 54.0. The summed E-state index contributed by atoms with van der Waals surface area (Å²) in [5, 5.41) is 54.5. The lowest BCUT2D eigenvalue weighted by Crippen LogP contribution is -2.60. The van der Waals surface area contributed by atoms with E-state index in [0.29, 0.717) is 6.42 Å². The van der Waals surface area contributed by atoms with E-state index >= 15 is 0 Å². The third-order valence-electron chi connectivity index (χ3n) is 15.9. The van der Waals surface area contributed by atoms with Crippen molar-refractivity contribution in [1.82, 2.24) is 5.32 Å². The van der Waals surface area contributed by atoms with Crippen molar-refractivity contribution in [2.45, 2.75) is 371 Å². The molecule has 0 bridgehead atoms. The summed E-state index contributed by atoms with van der Waals surface area (Å²) in [5.74, 6) is -0.182. The number of allylic oxidation sites excluding steroid dienone is 5. The summed E-state index contributed by atoms with van der Waals surface area (Å²) in [6, 6.07) is -0.820. The van der Waals surface area contributed by atoms with Crippen molar-refractivity contribution in [3.05, 3.63) is 36.5 Å². The minimum absolute atomic E-state index is 0.182. The fraction of sp³-hybridized carbons (Fsp3) is 0.896. The van der Waals surface area contributed by atoms with E-state index in [1.807, 2.05) is 6.08 Å². The molecule has 0 spiro atoms. The van der Waals surface area contributed by atoms with Crippen molar-refractivity contribution < 1.29 is 39.8 Å². The zero-order valence-corrected chi connectivity index (χ0v) is 50.0. The molecule has 6 N–H and O–H groups in total. The molecule has 448 valence electrons. The van der Waals surface area contributed by atoms with Crippen molar-refractivity contribution >= 4 is 5.91 Å². The molecule has 1 amide bonds. The third kappa shape index (κ3) is 45.2. The summed E-state index contributed by atoms with van der Waals surface area (Å²) in [6.45, 7) is 3.79. The average molecular weight is 1070 g/mol. The minimum atomic E-state index is -1.57. The fourth-order valence-corrected chi connectivity index (χ4v) is 10.7. The van der Waals surface area contributed by atoms with Gasteiger partial charge in [0.05, 0.1) is 25.4 Å². The quantitative estimate of drug-likeness (QED) is 0.0261. The lowest BCUT2D eigenvalue weighted by molar-refractivity contribution is -0.302. The van der Waals surface area contributed by atoms with Crippen molar-refractivity contribution in [1.29, 1.82) is 0 Å². The van der Waals surface area contributed by atoms with Gasteiger partial charge in [0.1, 0.15) is 24.4 Å². The number of ether oxygens (including phenoxy) is 2. The summed E-state index contributed by atoms with van der Waals surface area (Å²) < 4.78 is 11.3. The molecular formula is C67H127NO8. The van der Waals surface area contributed by atoms with Crippen molar-refractivity contribution in [3.63, 3.8) is 0 Å². The number of rotatable bonds is 58. The van der Waals surface area contributed by atoms with Gasteiger partial charge < -0.3 is 40.3 Å². The lowest BCUT2D eigenvalue weighted by Gasteiger charge is -2.40. The first-order valence-electron chi connectivity index (χ1n) is 33.2. The second-order valence-corrected chi connectivity index (χ2v) is 23.3. The van der Waals surface area contributed by atoms with Gasteiger partial charge in [-0.3, -0.25) is 4.79 Å². The van der Waals surface area contributed by atoms with Crippen LogP contribution in [0.1, 0.15) is 328 Å². The normalized spacial score (nSPS) is 19.0. The smallest absolute Gasteiger partial charge is 0.220 e. The van der Waals surface area contributed by atoms with E-state index in [0.717, 1.165) is 38.5 Å². The Hall–Kier alpha value is -1.59. The topological polar surface area (TPSA) is 149 Å². The highest BCUT2D eigenvalue weighted by molar-refractivity contribution is 5.76. The number of hydrogen-bond donors (Lipinski definition) is 6. The minimum Gasteiger partial charge on any atom is -0.394 e. The average Bonchev–Trinajstić information content (AvgIpc) is 3.42. The molecule has 0 radical (unpaired) electrons. The fourth-order valence-electron chi connectivity index (χ4n) is 10.7. The van der Waals surface area contributed by atoms with E-state index in [9.17, 15) is 30.3 Å². The Morgan fingerprint density at radius 2 is 0.750 bits per heavy atom. The maximum absolute atomic E-state index is 13.1. The Morgan fingerprint density at radius 3 is 1.11 bits per heavy atom. The third-order valence-corrected chi connectivity index (χ3v) is 15.9. The second-order valence-electron chi connectivity index (χ2n) is 23.3. The Balaban J connectivity index is 2.04. The summed E-state index contributed by atoms with van der Waals surface area (Å²) in [4.78, 5) is 13.1. The van der Waals surface area contributed by atoms with Crippen LogP contribution in [0.5, 0.6) is 0 Å². The van der Waals surface area contributed by atoms with E-state index < -0.39 is 49.5 Å². The summed E-state index contributed by atoms with van der Waals surface area (Å²) in [7, 11) is 0. The molecule has 76 heavy (non-hydrogen) atoms. The van der Waals surface area contributed by atoms with Crippen LogP contribution in [-0.2, 0) is 14.3 Å².